The number of ether oxygens (including phenoxy) is 4. The first kappa shape index (κ1) is 25.4. The smallest absolute Gasteiger partial charge is 0.148 e. The van der Waals surface area contributed by atoms with Crippen LogP contribution >= 0.6 is 0 Å². The van der Waals surface area contributed by atoms with Crippen molar-refractivity contribution in [3.05, 3.63) is 59.7 Å². The quantitative estimate of drug-likeness (QED) is 0.422. The molecule has 0 spiro atoms. The van der Waals surface area contributed by atoms with Gasteiger partial charge in [-0.2, -0.15) is 0 Å². The van der Waals surface area contributed by atoms with E-state index in [0.29, 0.717) is 6.61 Å². The zero-order valence-corrected chi connectivity index (χ0v) is 21.9. The van der Waals surface area contributed by atoms with Crippen molar-refractivity contribution in [3.63, 3.8) is 0 Å². The van der Waals surface area contributed by atoms with Crippen molar-refractivity contribution in [3.8, 4) is 11.1 Å². The summed E-state index contributed by atoms with van der Waals surface area (Å²) in [5.74, 6) is 0. The Morgan fingerprint density at radius 2 is 1.35 bits per heavy atom. The number of benzene rings is 2. The molecule has 4 nitrogen and oxygen atoms in total. The molecule has 0 aliphatic carbocycles. The van der Waals surface area contributed by atoms with Crippen molar-refractivity contribution < 1.29 is 18.9 Å². The van der Waals surface area contributed by atoms with E-state index in [-0.39, 0.29) is 21.9 Å². The van der Waals surface area contributed by atoms with Gasteiger partial charge in [0, 0.05) is 10.8 Å². The molecular formula is C29H41BO4. The highest BCUT2D eigenvalue weighted by Gasteiger charge is 2.50. The van der Waals surface area contributed by atoms with Gasteiger partial charge in [-0.05, 0) is 55.9 Å². The predicted octanol–water partition coefficient (Wildman–Crippen LogP) is 5.32. The van der Waals surface area contributed by atoms with Crippen LogP contribution < -0.4 is 0 Å². The zero-order valence-electron chi connectivity index (χ0n) is 21.9. The Bertz CT molecular complexity index is 930. The second-order valence-electron chi connectivity index (χ2n) is 11.3. The van der Waals surface area contributed by atoms with Crippen LogP contribution in [0.5, 0.6) is 0 Å². The summed E-state index contributed by atoms with van der Waals surface area (Å²) in [6, 6.07) is 17.5. The van der Waals surface area contributed by atoms with Crippen LogP contribution in [0.1, 0.15) is 58.6 Å². The van der Waals surface area contributed by atoms with Gasteiger partial charge in [0.2, 0.25) is 0 Å². The van der Waals surface area contributed by atoms with Gasteiger partial charge in [-0.15, -0.1) is 0 Å². The van der Waals surface area contributed by atoms with E-state index in [1.165, 1.54) is 22.3 Å². The summed E-state index contributed by atoms with van der Waals surface area (Å²) in [6.07, 6.45) is 2.17. The molecule has 2 saturated heterocycles. The van der Waals surface area contributed by atoms with Crippen LogP contribution in [0.4, 0.5) is 0 Å². The number of hydrogen-bond donors (Lipinski definition) is 0. The molecule has 2 aromatic carbocycles. The summed E-state index contributed by atoms with van der Waals surface area (Å²) < 4.78 is 23.7. The van der Waals surface area contributed by atoms with Crippen LogP contribution in [0.25, 0.3) is 11.1 Å². The lowest BCUT2D eigenvalue weighted by molar-refractivity contribution is -0.232. The largest absolute Gasteiger partial charge is 0.380 e. The Morgan fingerprint density at radius 1 is 0.794 bits per heavy atom. The van der Waals surface area contributed by atoms with Crippen molar-refractivity contribution in [2.24, 2.45) is 10.8 Å². The van der Waals surface area contributed by atoms with Crippen LogP contribution in [-0.4, -0.2) is 46.5 Å². The SMILES string of the molecule is BC(C)(OCC1(CC)COC1)c1ccc(-c2ccc(COC(C)(C)C3(CC)COC3)cc2)cc1. The molecule has 0 radical (unpaired) electrons. The Morgan fingerprint density at radius 3 is 1.79 bits per heavy atom. The summed E-state index contributed by atoms with van der Waals surface area (Å²) >= 11 is 0. The van der Waals surface area contributed by atoms with Gasteiger partial charge in [-0.3, -0.25) is 0 Å². The summed E-state index contributed by atoms with van der Waals surface area (Å²) in [7, 11) is 2.15. The van der Waals surface area contributed by atoms with Crippen molar-refractivity contribution in [1.29, 1.82) is 0 Å². The minimum Gasteiger partial charge on any atom is -0.380 e. The topological polar surface area (TPSA) is 36.9 Å². The molecule has 2 fully saturated rings. The Labute approximate surface area is 206 Å². The summed E-state index contributed by atoms with van der Waals surface area (Å²) in [6.45, 7) is 15.6. The first-order valence-electron chi connectivity index (χ1n) is 12.8. The Balaban J connectivity index is 1.35. The monoisotopic (exact) mass is 464 g/mol. The van der Waals surface area contributed by atoms with Crippen LogP contribution in [-0.2, 0) is 31.1 Å². The van der Waals surface area contributed by atoms with Gasteiger partial charge in [0.15, 0.2) is 0 Å². The van der Waals surface area contributed by atoms with Crippen molar-refractivity contribution in [1.82, 2.24) is 0 Å². The van der Waals surface area contributed by atoms with Crippen LogP contribution in [0.3, 0.4) is 0 Å². The van der Waals surface area contributed by atoms with Gasteiger partial charge < -0.3 is 18.9 Å². The lowest BCUT2D eigenvalue weighted by atomic mass is 9.70. The second kappa shape index (κ2) is 9.77. The standard InChI is InChI=1S/C29H41BO4/c1-6-28(17-31-18-28)19-34-27(5,30)25-14-12-24(13-15-25)23-10-8-22(9-11-23)16-33-26(3,4)29(7-2)20-32-21-29/h8-15H,6-7,16-21,30H2,1-5H3. The molecular weight excluding hydrogens is 423 g/mol. The van der Waals surface area contributed by atoms with Crippen molar-refractivity contribution in [2.45, 2.75) is 65.2 Å². The third kappa shape index (κ3) is 4.99. The van der Waals surface area contributed by atoms with Crippen molar-refractivity contribution >= 4 is 7.85 Å². The van der Waals surface area contributed by atoms with E-state index >= 15 is 0 Å². The second-order valence-corrected chi connectivity index (χ2v) is 11.3. The van der Waals surface area contributed by atoms with E-state index in [9.17, 15) is 0 Å². The maximum Gasteiger partial charge on any atom is 0.148 e. The molecule has 0 amide bonds. The Hall–Kier alpha value is -1.66. The highest BCUT2D eigenvalue weighted by Crippen LogP contribution is 2.44. The summed E-state index contributed by atoms with van der Waals surface area (Å²) in [5.41, 5.74) is 4.61. The fourth-order valence-electron chi connectivity index (χ4n) is 4.80. The minimum absolute atomic E-state index is 0.134. The van der Waals surface area contributed by atoms with E-state index in [1.807, 2.05) is 0 Å². The van der Waals surface area contributed by atoms with Gasteiger partial charge in [-0.25, -0.2) is 0 Å². The molecule has 1 atom stereocenters. The maximum absolute atomic E-state index is 6.38. The number of rotatable bonds is 11. The molecule has 184 valence electrons. The van der Waals surface area contributed by atoms with E-state index < -0.39 is 0 Å². The van der Waals surface area contributed by atoms with Gasteiger partial charge in [0.25, 0.3) is 0 Å². The molecule has 1 unspecified atom stereocenters. The molecule has 5 heteroatoms. The molecule has 2 heterocycles. The van der Waals surface area contributed by atoms with E-state index in [0.717, 1.165) is 45.9 Å². The molecule has 0 N–H and O–H groups in total. The zero-order chi connectivity index (χ0) is 24.5. The maximum atomic E-state index is 6.38. The molecule has 4 rings (SSSR count). The summed E-state index contributed by atoms with van der Waals surface area (Å²) in [5, 5.41) is 0. The molecule has 0 aromatic heterocycles. The fraction of sp³-hybridized carbons (Fsp3) is 0.586. The molecule has 34 heavy (non-hydrogen) atoms. The first-order valence-corrected chi connectivity index (χ1v) is 12.8. The van der Waals surface area contributed by atoms with Crippen LogP contribution in [0.2, 0.25) is 0 Å². The Kier molecular flexibility index (Phi) is 7.31. The van der Waals surface area contributed by atoms with Gasteiger partial charge in [0.1, 0.15) is 7.85 Å². The average Bonchev–Trinajstić information content (AvgIpc) is 2.77. The highest BCUT2D eigenvalue weighted by molar-refractivity contribution is 6.14. The molecule has 2 aliphatic heterocycles. The lowest BCUT2D eigenvalue weighted by Gasteiger charge is -2.51. The summed E-state index contributed by atoms with van der Waals surface area (Å²) in [4.78, 5) is 0. The van der Waals surface area contributed by atoms with Crippen LogP contribution in [0.15, 0.2) is 48.5 Å². The average molecular weight is 464 g/mol. The third-order valence-electron chi connectivity index (χ3n) is 8.48. The lowest BCUT2D eigenvalue weighted by Crippen LogP contribution is -2.57. The van der Waals surface area contributed by atoms with Gasteiger partial charge in [-0.1, -0.05) is 62.4 Å². The van der Waals surface area contributed by atoms with Crippen molar-refractivity contribution in [2.75, 3.05) is 33.0 Å². The van der Waals surface area contributed by atoms with Gasteiger partial charge in [0.05, 0.1) is 50.7 Å². The fourth-order valence-corrected chi connectivity index (χ4v) is 4.80. The minimum atomic E-state index is -0.328. The highest BCUT2D eigenvalue weighted by atomic mass is 16.5. The molecule has 0 saturated carbocycles. The predicted molar refractivity (Wildman–Crippen MR) is 140 cm³/mol. The third-order valence-corrected chi connectivity index (χ3v) is 8.48. The van der Waals surface area contributed by atoms with E-state index in [1.54, 1.807) is 0 Å². The van der Waals surface area contributed by atoms with E-state index in [2.05, 4.69) is 91.0 Å². The van der Waals surface area contributed by atoms with E-state index in [4.69, 9.17) is 18.9 Å². The first-order chi connectivity index (χ1) is 16.1. The van der Waals surface area contributed by atoms with Crippen LogP contribution in [0, 0.1) is 10.8 Å². The normalized spacial score (nSPS) is 20.7. The van der Waals surface area contributed by atoms with Gasteiger partial charge >= 0.3 is 0 Å². The molecule has 2 aromatic rings. The number of hydrogen-bond acceptors (Lipinski definition) is 4. The molecule has 2 aliphatic rings. The molecule has 0 bridgehead atoms.